The molecule has 1 aliphatic heterocycles. The van der Waals surface area contributed by atoms with E-state index in [2.05, 4.69) is 0 Å². The molecular weight excluding hydrogens is 250 g/mol. The minimum atomic E-state index is 0.329. The SMILES string of the molecule is COc1ccc(C(N)=S)c(OCC2CCOC2)c1. The van der Waals surface area contributed by atoms with Crippen molar-refractivity contribution >= 4 is 17.2 Å². The molecule has 1 aliphatic rings. The molecule has 0 saturated carbocycles. The lowest BCUT2D eigenvalue weighted by Gasteiger charge is -2.14. The molecule has 2 rings (SSSR count). The third kappa shape index (κ3) is 3.11. The molecule has 0 spiro atoms. The van der Waals surface area contributed by atoms with Gasteiger partial charge < -0.3 is 19.9 Å². The van der Waals surface area contributed by atoms with Gasteiger partial charge in [-0.2, -0.15) is 0 Å². The van der Waals surface area contributed by atoms with E-state index in [0.717, 1.165) is 30.9 Å². The van der Waals surface area contributed by atoms with Crippen LogP contribution in [-0.4, -0.2) is 31.9 Å². The average molecular weight is 267 g/mol. The van der Waals surface area contributed by atoms with E-state index < -0.39 is 0 Å². The van der Waals surface area contributed by atoms with Gasteiger partial charge in [-0.25, -0.2) is 0 Å². The van der Waals surface area contributed by atoms with Crippen molar-refractivity contribution in [3.05, 3.63) is 23.8 Å². The van der Waals surface area contributed by atoms with Gasteiger partial charge in [-0.05, 0) is 18.6 Å². The van der Waals surface area contributed by atoms with Crippen molar-refractivity contribution < 1.29 is 14.2 Å². The van der Waals surface area contributed by atoms with Crippen LogP contribution < -0.4 is 15.2 Å². The topological polar surface area (TPSA) is 53.7 Å². The van der Waals surface area contributed by atoms with Crippen LogP contribution >= 0.6 is 12.2 Å². The molecule has 1 heterocycles. The highest BCUT2D eigenvalue weighted by molar-refractivity contribution is 7.80. The van der Waals surface area contributed by atoms with Crippen LogP contribution in [0.3, 0.4) is 0 Å². The zero-order valence-corrected chi connectivity index (χ0v) is 11.2. The summed E-state index contributed by atoms with van der Waals surface area (Å²) in [5.74, 6) is 1.84. The van der Waals surface area contributed by atoms with E-state index in [4.69, 9.17) is 32.2 Å². The van der Waals surface area contributed by atoms with Gasteiger partial charge in [0.05, 0.1) is 25.9 Å². The van der Waals surface area contributed by atoms with E-state index in [1.807, 2.05) is 18.2 Å². The normalized spacial score (nSPS) is 18.6. The Balaban J connectivity index is 2.10. The number of methoxy groups -OCH3 is 1. The molecule has 98 valence electrons. The Morgan fingerprint density at radius 1 is 1.56 bits per heavy atom. The van der Waals surface area contributed by atoms with Crippen molar-refractivity contribution in [2.75, 3.05) is 26.9 Å². The number of nitrogens with two attached hydrogens (primary N) is 1. The number of rotatable bonds is 5. The largest absolute Gasteiger partial charge is 0.497 e. The third-order valence-electron chi connectivity index (χ3n) is 2.95. The third-order valence-corrected chi connectivity index (χ3v) is 3.17. The van der Waals surface area contributed by atoms with Crippen LogP contribution in [0.4, 0.5) is 0 Å². The van der Waals surface area contributed by atoms with Crippen LogP contribution in [0.2, 0.25) is 0 Å². The summed E-state index contributed by atoms with van der Waals surface area (Å²) >= 11 is 5.01. The molecule has 0 bridgehead atoms. The van der Waals surface area contributed by atoms with Crippen LogP contribution in [0.5, 0.6) is 11.5 Å². The summed E-state index contributed by atoms with van der Waals surface area (Å²) in [5.41, 5.74) is 6.42. The first-order valence-corrected chi connectivity index (χ1v) is 6.30. The van der Waals surface area contributed by atoms with E-state index in [0.29, 0.717) is 23.3 Å². The monoisotopic (exact) mass is 267 g/mol. The van der Waals surface area contributed by atoms with Crippen LogP contribution in [0, 0.1) is 5.92 Å². The summed E-state index contributed by atoms with van der Waals surface area (Å²) in [6.07, 6.45) is 1.03. The van der Waals surface area contributed by atoms with Gasteiger partial charge in [0.2, 0.25) is 0 Å². The van der Waals surface area contributed by atoms with Gasteiger partial charge in [0.1, 0.15) is 16.5 Å². The zero-order valence-electron chi connectivity index (χ0n) is 10.3. The standard InChI is InChI=1S/C13H17NO3S/c1-15-10-2-3-11(13(14)18)12(6-10)17-8-9-4-5-16-7-9/h2-3,6,9H,4-5,7-8H2,1H3,(H2,14,18). The van der Waals surface area contributed by atoms with E-state index >= 15 is 0 Å². The second kappa shape index (κ2) is 6.02. The summed E-state index contributed by atoms with van der Waals surface area (Å²) < 4.78 is 16.3. The van der Waals surface area contributed by atoms with Crippen LogP contribution in [0.1, 0.15) is 12.0 Å². The van der Waals surface area contributed by atoms with Gasteiger partial charge in [-0.3, -0.25) is 0 Å². The Morgan fingerprint density at radius 3 is 3.00 bits per heavy atom. The smallest absolute Gasteiger partial charge is 0.133 e. The lowest BCUT2D eigenvalue weighted by molar-refractivity contribution is 0.167. The summed E-state index contributed by atoms with van der Waals surface area (Å²) in [5, 5.41) is 0. The fraction of sp³-hybridized carbons (Fsp3) is 0.462. The lowest BCUT2D eigenvalue weighted by Crippen LogP contribution is -2.16. The van der Waals surface area contributed by atoms with E-state index in [1.54, 1.807) is 7.11 Å². The van der Waals surface area contributed by atoms with Gasteiger partial charge in [-0.15, -0.1) is 0 Å². The molecular formula is C13H17NO3S. The molecule has 2 N–H and O–H groups in total. The molecule has 18 heavy (non-hydrogen) atoms. The van der Waals surface area contributed by atoms with E-state index in [9.17, 15) is 0 Å². The summed E-state index contributed by atoms with van der Waals surface area (Å²) in [6, 6.07) is 5.45. The quantitative estimate of drug-likeness (QED) is 0.824. The molecule has 1 fully saturated rings. The Labute approximate surface area is 112 Å². The lowest BCUT2D eigenvalue weighted by atomic mass is 10.1. The van der Waals surface area contributed by atoms with Crippen LogP contribution in [-0.2, 0) is 4.74 Å². The minimum Gasteiger partial charge on any atom is -0.497 e. The maximum absolute atomic E-state index is 5.80. The number of hydrogen-bond acceptors (Lipinski definition) is 4. The highest BCUT2D eigenvalue weighted by Gasteiger charge is 2.17. The molecule has 0 radical (unpaired) electrons. The Kier molecular flexibility index (Phi) is 4.38. The first-order chi connectivity index (χ1) is 8.70. The first kappa shape index (κ1) is 13.1. The van der Waals surface area contributed by atoms with Crippen molar-refractivity contribution in [3.63, 3.8) is 0 Å². The Hall–Kier alpha value is -1.33. The predicted octanol–water partition coefficient (Wildman–Crippen LogP) is 1.74. The molecule has 1 aromatic carbocycles. The van der Waals surface area contributed by atoms with Crippen molar-refractivity contribution in [1.82, 2.24) is 0 Å². The number of hydrogen-bond donors (Lipinski definition) is 1. The summed E-state index contributed by atoms with van der Waals surface area (Å²) in [7, 11) is 1.62. The molecule has 4 nitrogen and oxygen atoms in total. The molecule has 5 heteroatoms. The van der Waals surface area contributed by atoms with E-state index in [-0.39, 0.29) is 0 Å². The maximum Gasteiger partial charge on any atom is 0.133 e. The molecule has 0 aromatic heterocycles. The highest BCUT2D eigenvalue weighted by atomic mass is 32.1. The van der Waals surface area contributed by atoms with Gasteiger partial charge in [0.25, 0.3) is 0 Å². The van der Waals surface area contributed by atoms with Crippen molar-refractivity contribution in [2.45, 2.75) is 6.42 Å². The maximum atomic E-state index is 5.80. The van der Waals surface area contributed by atoms with Gasteiger partial charge >= 0.3 is 0 Å². The molecule has 1 atom stereocenters. The molecule has 1 aromatic rings. The van der Waals surface area contributed by atoms with Crippen molar-refractivity contribution in [1.29, 1.82) is 0 Å². The van der Waals surface area contributed by atoms with Crippen LogP contribution in [0.25, 0.3) is 0 Å². The fourth-order valence-corrected chi connectivity index (χ4v) is 2.04. The van der Waals surface area contributed by atoms with Gasteiger partial charge in [0.15, 0.2) is 0 Å². The summed E-state index contributed by atoms with van der Waals surface area (Å²) in [4.78, 5) is 0.329. The molecule has 1 unspecified atom stereocenters. The van der Waals surface area contributed by atoms with Crippen molar-refractivity contribution in [2.24, 2.45) is 11.7 Å². The van der Waals surface area contributed by atoms with Gasteiger partial charge in [0, 0.05) is 18.6 Å². The van der Waals surface area contributed by atoms with Gasteiger partial charge in [-0.1, -0.05) is 12.2 Å². The number of benzene rings is 1. The minimum absolute atomic E-state index is 0.329. The molecule has 0 amide bonds. The zero-order chi connectivity index (χ0) is 13.0. The van der Waals surface area contributed by atoms with E-state index in [1.165, 1.54) is 0 Å². The average Bonchev–Trinajstić information content (AvgIpc) is 2.88. The van der Waals surface area contributed by atoms with Crippen LogP contribution in [0.15, 0.2) is 18.2 Å². The molecule has 1 saturated heterocycles. The first-order valence-electron chi connectivity index (χ1n) is 5.89. The number of ether oxygens (including phenoxy) is 3. The fourth-order valence-electron chi connectivity index (χ4n) is 1.88. The Morgan fingerprint density at radius 2 is 2.39 bits per heavy atom. The number of thiocarbonyl (C=S) groups is 1. The summed E-state index contributed by atoms with van der Waals surface area (Å²) in [6.45, 7) is 2.18. The predicted molar refractivity (Wildman–Crippen MR) is 73.3 cm³/mol. The highest BCUT2D eigenvalue weighted by Crippen LogP contribution is 2.26. The second-order valence-corrected chi connectivity index (χ2v) is 4.71. The second-order valence-electron chi connectivity index (χ2n) is 4.27. The van der Waals surface area contributed by atoms with Crippen molar-refractivity contribution in [3.8, 4) is 11.5 Å². The molecule has 0 aliphatic carbocycles. The Bertz CT molecular complexity index is 430.